The summed E-state index contributed by atoms with van der Waals surface area (Å²) in [7, 11) is 0. The molecular formula is C92H62N2. The molecule has 0 aromatic heterocycles. The van der Waals surface area contributed by atoms with Crippen molar-refractivity contribution in [2.75, 3.05) is 9.80 Å². The molecule has 2 nitrogen and oxygen atoms in total. The van der Waals surface area contributed by atoms with Gasteiger partial charge in [-0.2, -0.15) is 0 Å². The highest BCUT2D eigenvalue weighted by molar-refractivity contribution is 6.25. The summed E-state index contributed by atoms with van der Waals surface area (Å²) in [5, 5.41) is 19.2. The molecule has 0 saturated heterocycles. The normalized spacial score (nSPS) is 12.4. The Hall–Kier alpha value is -12.1. The van der Waals surface area contributed by atoms with E-state index in [-0.39, 0.29) is 0 Å². The molecule has 1 aliphatic carbocycles. The minimum atomic E-state index is 0.986. The Balaban J connectivity index is 0.974. The summed E-state index contributed by atoms with van der Waals surface area (Å²) >= 11 is 0. The van der Waals surface area contributed by atoms with Crippen LogP contribution in [0.1, 0.15) is 12.8 Å². The van der Waals surface area contributed by atoms with Gasteiger partial charge in [0.05, 0.1) is 11.4 Å². The molecule has 0 spiro atoms. The summed E-state index contributed by atoms with van der Waals surface area (Å²) in [6.45, 7) is 0. The van der Waals surface area contributed by atoms with Gasteiger partial charge in [0.25, 0.3) is 0 Å². The first-order valence-corrected chi connectivity index (χ1v) is 32.8. The lowest BCUT2D eigenvalue weighted by Crippen LogP contribution is -2.17. The third-order valence-electron chi connectivity index (χ3n) is 19.4. The highest BCUT2D eigenvalue weighted by Gasteiger charge is 2.27. The van der Waals surface area contributed by atoms with Crippen LogP contribution in [0.2, 0.25) is 0 Å². The summed E-state index contributed by atoms with van der Waals surface area (Å²) in [4.78, 5) is 4.95. The van der Waals surface area contributed by atoms with Crippen molar-refractivity contribution in [2.45, 2.75) is 12.8 Å². The number of benzene rings is 17. The highest BCUT2D eigenvalue weighted by atomic mass is 15.2. The fourth-order valence-electron chi connectivity index (χ4n) is 15.4. The third kappa shape index (κ3) is 9.25. The Morgan fingerprint density at radius 2 is 0.457 bits per heavy atom. The number of rotatable bonds is 11. The van der Waals surface area contributed by atoms with Crippen molar-refractivity contribution in [3.05, 3.63) is 358 Å². The minimum absolute atomic E-state index is 0.986. The van der Waals surface area contributed by atoms with E-state index >= 15 is 0 Å². The molecule has 2 heteroatoms. The Labute approximate surface area is 547 Å². The van der Waals surface area contributed by atoms with Gasteiger partial charge in [0.2, 0.25) is 0 Å². The fourth-order valence-corrected chi connectivity index (χ4v) is 15.4. The standard InChI is InChI=1S/C92H62N2/c1-5-33-71(34-6-1)93(72-35-7-2-8-36-72)91-83-49-25-21-45-79(83)89(80-46-22-26-50-84(80)91)69-57-65(55-67(59-69)87-75-41-17-13-29-61(75)53-62-30-14-18-42-76(62)87)66-56-68(88-77-43-19-15-31-63(77)54-64-32-16-20-44-78(64)88)60-70(58-66)90-81-47-23-27-51-85(81)92(86-52-28-24-48-82(86)90)94(73-37-9-3-10-38-73)74-39-11-4-12-40-74/h1-3,5-11,13-60H,4,12H2. The van der Waals surface area contributed by atoms with Crippen molar-refractivity contribution in [3.8, 4) is 55.6 Å². The van der Waals surface area contributed by atoms with Crippen LogP contribution in [0.3, 0.4) is 0 Å². The first-order chi connectivity index (χ1) is 46.7. The van der Waals surface area contributed by atoms with E-state index < -0.39 is 0 Å². The molecule has 0 radical (unpaired) electrons. The van der Waals surface area contributed by atoms with Crippen molar-refractivity contribution >= 4 is 115 Å². The predicted molar refractivity (Wildman–Crippen MR) is 403 cm³/mol. The zero-order chi connectivity index (χ0) is 62.1. The molecule has 0 amide bonds. The quantitative estimate of drug-likeness (QED) is 0.119. The molecule has 0 saturated carbocycles. The zero-order valence-electron chi connectivity index (χ0n) is 51.8. The van der Waals surface area contributed by atoms with Crippen LogP contribution in [-0.4, -0.2) is 0 Å². The number of para-hydroxylation sites is 3. The number of anilines is 5. The zero-order valence-corrected chi connectivity index (χ0v) is 51.8. The summed E-state index contributed by atoms with van der Waals surface area (Å²) in [5.41, 5.74) is 18.5. The van der Waals surface area contributed by atoms with Gasteiger partial charge >= 0.3 is 0 Å². The lowest BCUT2D eigenvalue weighted by molar-refractivity contribution is 0.999. The van der Waals surface area contributed by atoms with Crippen molar-refractivity contribution in [1.29, 1.82) is 0 Å². The second kappa shape index (κ2) is 23.0. The monoisotopic (exact) mass is 1190 g/mol. The molecule has 440 valence electrons. The van der Waals surface area contributed by atoms with Gasteiger partial charge in [-0.25, -0.2) is 0 Å². The van der Waals surface area contributed by atoms with E-state index in [1.54, 1.807) is 0 Å². The average Bonchev–Trinajstić information content (AvgIpc) is 0.738. The van der Waals surface area contributed by atoms with Crippen LogP contribution >= 0.6 is 0 Å². The molecule has 0 aliphatic heterocycles. The Morgan fingerprint density at radius 3 is 0.777 bits per heavy atom. The van der Waals surface area contributed by atoms with E-state index in [0.29, 0.717) is 0 Å². The lowest BCUT2D eigenvalue weighted by Gasteiger charge is -2.31. The first kappa shape index (κ1) is 54.8. The molecule has 94 heavy (non-hydrogen) atoms. The summed E-state index contributed by atoms with van der Waals surface area (Å²) in [5.74, 6) is 0. The van der Waals surface area contributed by atoms with Crippen LogP contribution in [0.5, 0.6) is 0 Å². The van der Waals surface area contributed by atoms with Crippen molar-refractivity contribution in [3.63, 3.8) is 0 Å². The summed E-state index contributed by atoms with van der Waals surface area (Å²) < 4.78 is 0. The maximum absolute atomic E-state index is 2.51. The van der Waals surface area contributed by atoms with Crippen LogP contribution < -0.4 is 9.80 Å². The molecule has 17 aromatic rings. The molecule has 1 aliphatic rings. The van der Waals surface area contributed by atoms with Crippen molar-refractivity contribution in [2.24, 2.45) is 0 Å². The smallest absolute Gasteiger partial charge is 0.0618 e. The van der Waals surface area contributed by atoms with Gasteiger partial charge in [-0.1, -0.05) is 261 Å². The largest absolute Gasteiger partial charge is 0.310 e. The molecule has 17 aromatic carbocycles. The van der Waals surface area contributed by atoms with Crippen LogP contribution in [0.15, 0.2) is 358 Å². The van der Waals surface area contributed by atoms with Gasteiger partial charge in [-0.15, -0.1) is 0 Å². The SMILES string of the molecule is C1=CC(N(c2ccccc2)c2c3ccccc3c(-c3cc(-c4cc(-c5c6ccccc6cc6ccccc56)cc(-c5c6ccccc6c(N(c6ccccc6)c6ccccc6)c6ccccc56)c4)cc(-c4c5ccccc5cc5ccccc45)c3)c3ccccc23)=CCC1. The predicted octanol–water partition coefficient (Wildman–Crippen LogP) is 26.1. The Kier molecular flexibility index (Phi) is 13.4. The van der Waals surface area contributed by atoms with E-state index in [1.165, 1.54) is 120 Å². The van der Waals surface area contributed by atoms with E-state index in [9.17, 15) is 0 Å². The average molecular weight is 1200 g/mol. The van der Waals surface area contributed by atoms with E-state index in [1.807, 2.05) is 0 Å². The second-order valence-electron chi connectivity index (χ2n) is 24.9. The summed E-state index contributed by atoms with van der Waals surface area (Å²) in [6, 6.07) is 125. The van der Waals surface area contributed by atoms with Gasteiger partial charge in [0.15, 0.2) is 0 Å². The number of nitrogens with zero attached hydrogens (tertiary/aromatic N) is 2. The molecule has 0 bridgehead atoms. The van der Waals surface area contributed by atoms with Crippen LogP contribution in [0.25, 0.3) is 142 Å². The lowest BCUT2D eigenvalue weighted by atomic mass is 9.83. The van der Waals surface area contributed by atoms with Crippen LogP contribution in [0, 0.1) is 0 Å². The van der Waals surface area contributed by atoms with Crippen LogP contribution in [-0.2, 0) is 0 Å². The van der Waals surface area contributed by atoms with Crippen LogP contribution in [0.4, 0.5) is 28.4 Å². The number of hydrogen-bond donors (Lipinski definition) is 0. The maximum Gasteiger partial charge on any atom is 0.0618 e. The summed E-state index contributed by atoms with van der Waals surface area (Å²) in [6.07, 6.45) is 9.05. The van der Waals surface area contributed by atoms with Gasteiger partial charge < -0.3 is 9.80 Å². The maximum atomic E-state index is 2.51. The first-order valence-electron chi connectivity index (χ1n) is 32.8. The second-order valence-corrected chi connectivity index (χ2v) is 24.9. The van der Waals surface area contributed by atoms with Crippen molar-refractivity contribution < 1.29 is 0 Å². The highest BCUT2D eigenvalue weighted by Crippen LogP contribution is 2.53. The molecule has 0 N–H and O–H groups in total. The van der Waals surface area contributed by atoms with E-state index in [0.717, 1.165) is 69.0 Å². The van der Waals surface area contributed by atoms with Gasteiger partial charge in [0.1, 0.15) is 0 Å². The van der Waals surface area contributed by atoms with E-state index in [2.05, 4.69) is 362 Å². The van der Waals surface area contributed by atoms with Gasteiger partial charge in [0, 0.05) is 44.3 Å². The number of fused-ring (bicyclic) bond motifs is 8. The minimum Gasteiger partial charge on any atom is -0.310 e. The molecule has 0 unspecified atom stereocenters. The molecular weight excluding hydrogens is 1130 g/mol. The van der Waals surface area contributed by atoms with Crippen molar-refractivity contribution in [1.82, 2.24) is 0 Å². The third-order valence-corrected chi connectivity index (χ3v) is 19.4. The number of hydrogen-bond acceptors (Lipinski definition) is 2. The van der Waals surface area contributed by atoms with Gasteiger partial charge in [-0.05, 0) is 224 Å². The molecule has 0 atom stereocenters. The molecule has 0 fully saturated rings. The Morgan fingerprint density at radius 1 is 0.202 bits per heavy atom. The molecule has 0 heterocycles. The van der Waals surface area contributed by atoms with Gasteiger partial charge in [-0.3, -0.25) is 0 Å². The Bertz CT molecular complexity index is 5660. The number of allylic oxidation sites excluding steroid dienone is 3. The topological polar surface area (TPSA) is 6.48 Å². The van der Waals surface area contributed by atoms with E-state index in [4.69, 9.17) is 0 Å². The molecule has 18 rings (SSSR count). The fraction of sp³-hybridized carbons (Fsp3) is 0.0217.